The number of nitrogens with zero attached hydrogens (tertiary/aromatic N) is 3. The number of aryl methyl sites for hydroxylation is 2. The van der Waals surface area contributed by atoms with Gasteiger partial charge in [0, 0.05) is 11.9 Å². The Morgan fingerprint density at radius 1 is 1.45 bits per heavy atom. The van der Waals surface area contributed by atoms with Crippen LogP contribution in [0, 0.1) is 11.8 Å². The molecule has 0 fully saturated rings. The molecule has 1 aliphatic rings. The molecule has 0 bridgehead atoms. The van der Waals surface area contributed by atoms with Crippen LogP contribution < -0.4 is 4.72 Å². The predicted octanol–water partition coefficient (Wildman–Crippen LogP) is 2.44. The number of thiazole rings is 1. The van der Waals surface area contributed by atoms with Crippen molar-refractivity contribution in [1.29, 1.82) is 0 Å². The lowest BCUT2D eigenvalue weighted by Crippen LogP contribution is -2.18. The third-order valence-electron chi connectivity index (χ3n) is 4.19. The average molecular weight is 340 g/mol. The van der Waals surface area contributed by atoms with E-state index in [0.29, 0.717) is 17.0 Å². The lowest BCUT2D eigenvalue weighted by atomic mass is 9.83. The van der Waals surface area contributed by atoms with E-state index in [1.54, 1.807) is 7.05 Å². The van der Waals surface area contributed by atoms with E-state index >= 15 is 0 Å². The summed E-state index contributed by atoms with van der Waals surface area (Å²) in [7, 11) is -2.03. The normalized spacial score (nSPS) is 18.5. The summed E-state index contributed by atoms with van der Waals surface area (Å²) in [6.45, 7) is 4.48. The molecule has 1 N–H and O–H groups in total. The van der Waals surface area contributed by atoms with Crippen LogP contribution in [0.3, 0.4) is 0 Å². The SMILES string of the molecule is CC(C)C1CCc2nc(NS(=O)(=O)c3ccnn3C)sc2C1. The topological polar surface area (TPSA) is 76.9 Å². The predicted molar refractivity (Wildman–Crippen MR) is 86.5 cm³/mol. The van der Waals surface area contributed by atoms with Gasteiger partial charge in [-0.3, -0.25) is 9.40 Å². The van der Waals surface area contributed by atoms with Crippen molar-refractivity contribution in [3.05, 3.63) is 22.8 Å². The summed E-state index contributed by atoms with van der Waals surface area (Å²) >= 11 is 1.46. The summed E-state index contributed by atoms with van der Waals surface area (Å²) in [5.74, 6) is 1.30. The second-order valence-corrected chi connectivity index (χ2v) is 8.75. The number of hydrogen-bond acceptors (Lipinski definition) is 5. The van der Waals surface area contributed by atoms with Crippen LogP contribution in [0.1, 0.15) is 30.8 Å². The molecular formula is C14H20N4O2S2. The van der Waals surface area contributed by atoms with Crippen LogP contribution in [0.4, 0.5) is 5.13 Å². The smallest absolute Gasteiger partial charge is 0.256 e. The minimum absolute atomic E-state index is 0.140. The molecule has 0 saturated heterocycles. The first-order valence-electron chi connectivity index (χ1n) is 7.36. The molecule has 8 heteroatoms. The molecule has 0 spiro atoms. The summed E-state index contributed by atoms with van der Waals surface area (Å²) in [5.41, 5.74) is 1.05. The van der Waals surface area contributed by atoms with Crippen molar-refractivity contribution in [3.8, 4) is 0 Å². The zero-order chi connectivity index (χ0) is 15.9. The van der Waals surface area contributed by atoms with Crippen molar-refractivity contribution >= 4 is 26.5 Å². The van der Waals surface area contributed by atoms with Crippen molar-refractivity contribution in [2.75, 3.05) is 4.72 Å². The molecule has 2 aromatic rings. The van der Waals surface area contributed by atoms with E-state index in [0.717, 1.165) is 25.0 Å². The third-order valence-corrected chi connectivity index (χ3v) is 6.77. The molecule has 3 rings (SSSR count). The van der Waals surface area contributed by atoms with Gasteiger partial charge in [-0.1, -0.05) is 13.8 Å². The van der Waals surface area contributed by atoms with Crippen LogP contribution >= 0.6 is 11.3 Å². The maximum atomic E-state index is 12.4. The second-order valence-electron chi connectivity index (χ2n) is 6.03. The van der Waals surface area contributed by atoms with E-state index in [4.69, 9.17) is 0 Å². The van der Waals surface area contributed by atoms with Crippen molar-refractivity contribution in [2.24, 2.45) is 18.9 Å². The fourth-order valence-corrected chi connectivity index (χ4v) is 5.27. The van der Waals surface area contributed by atoms with Gasteiger partial charge in [0.2, 0.25) is 0 Å². The molecule has 6 nitrogen and oxygen atoms in total. The first-order chi connectivity index (χ1) is 10.4. The van der Waals surface area contributed by atoms with Crippen LogP contribution in [-0.2, 0) is 29.9 Å². The van der Waals surface area contributed by atoms with Gasteiger partial charge in [0.1, 0.15) is 0 Å². The average Bonchev–Trinajstić information content (AvgIpc) is 3.02. The number of hydrogen-bond donors (Lipinski definition) is 1. The van der Waals surface area contributed by atoms with Gasteiger partial charge < -0.3 is 0 Å². The third kappa shape index (κ3) is 2.89. The van der Waals surface area contributed by atoms with Gasteiger partial charge in [0.25, 0.3) is 10.0 Å². The molecule has 1 aliphatic carbocycles. The van der Waals surface area contributed by atoms with E-state index in [-0.39, 0.29) is 5.03 Å². The zero-order valence-electron chi connectivity index (χ0n) is 12.9. The van der Waals surface area contributed by atoms with E-state index < -0.39 is 10.0 Å². The lowest BCUT2D eigenvalue weighted by Gasteiger charge is -2.24. The highest BCUT2D eigenvalue weighted by Crippen LogP contribution is 2.35. The van der Waals surface area contributed by atoms with E-state index in [1.807, 2.05) is 0 Å². The summed E-state index contributed by atoms with van der Waals surface area (Å²) in [5, 5.41) is 4.49. The molecule has 0 aliphatic heterocycles. The molecule has 0 amide bonds. The molecular weight excluding hydrogens is 320 g/mol. The summed E-state index contributed by atoms with van der Waals surface area (Å²) in [6.07, 6.45) is 4.53. The standard InChI is InChI=1S/C14H20N4O2S2/c1-9(2)10-4-5-11-12(8-10)21-14(16-11)17-22(19,20)13-6-7-15-18(13)3/h6-7,9-10H,4-5,8H2,1-3H3,(H,16,17). The largest absolute Gasteiger partial charge is 0.280 e. The summed E-state index contributed by atoms with van der Waals surface area (Å²) < 4.78 is 28.6. The fraction of sp³-hybridized carbons (Fsp3) is 0.571. The Kier molecular flexibility index (Phi) is 3.98. The Morgan fingerprint density at radius 3 is 2.86 bits per heavy atom. The van der Waals surface area contributed by atoms with Crippen LogP contribution in [0.2, 0.25) is 0 Å². The minimum atomic E-state index is -3.63. The first-order valence-corrected chi connectivity index (χ1v) is 9.66. The quantitative estimate of drug-likeness (QED) is 0.927. The maximum Gasteiger partial charge on any atom is 0.280 e. The molecule has 22 heavy (non-hydrogen) atoms. The van der Waals surface area contributed by atoms with Gasteiger partial charge in [-0.05, 0) is 37.2 Å². The second kappa shape index (κ2) is 5.66. The van der Waals surface area contributed by atoms with Gasteiger partial charge in [-0.2, -0.15) is 13.5 Å². The van der Waals surface area contributed by atoms with Gasteiger partial charge >= 0.3 is 0 Å². The van der Waals surface area contributed by atoms with Crippen LogP contribution in [0.15, 0.2) is 17.3 Å². The number of rotatable bonds is 4. The van der Waals surface area contributed by atoms with Gasteiger partial charge in [0.15, 0.2) is 10.2 Å². The highest BCUT2D eigenvalue weighted by molar-refractivity contribution is 7.92. The Labute approximate surface area is 134 Å². The number of fused-ring (bicyclic) bond motifs is 1. The van der Waals surface area contributed by atoms with Crippen LogP contribution in [-0.4, -0.2) is 23.2 Å². The Morgan fingerprint density at radius 2 is 2.23 bits per heavy atom. The number of sulfonamides is 1. The number of aromatic nitrogens is 3. The molecule has 120 valence electrons. The Hall–Kier alpha value is -1.41. The van der Waals surface area contributed by atoms with Gasteiger partial charge in [-0.15, -0.1) is 11.3 Å². The fourth-order valence-electron chi connectivity index (χ4n) is 2.81. The van der Waals surface area contributed by atoms with Gasteiger partial charge in [0.05, 0.1) is 11.9 Å². The molecule has 2 heterocycles. The van der Waals surface area contributed by atoms with Crippen molar-refractivity contribution in [2.45, 2.75) is 38.1 Å². The molecule has 0 aromatic carbocycles. The molecule has 0 saturated carbocycles. The lowest BCUT2D eigenvalue weighted by molar-refractivity contribution is 0.344. The zero-order valence-corrected chi connectivity index (χ0v) is 14.5. The van der Waals surface area contributed by atoms with Crippen LogP contribution in [0.5, 0.6) is 0 Å². The first kappa shape index (κ1) is 15.5. The number of nitrogens with one attached hydrogen (secondary N) is 1. The van der Waals surface area contributed by atoms with E-state index in [2.05, 4.69) is 28.7 Å². The summed E-state index contributed by atoms with van der Waals surface area (Å²) in [6, 6.07) is 1.48. The van der Waals surface area contributed by atoms with Gasteiger partial charge in [-0.25, -0.2) is 4.98 Å². The Bertz CT molecular complexity index is 777. The van der Waals surface area contributed by atoms with Crippen molar-refractivity contribution in [3.63, 3.8) is 0 Å². The maximum absolute atomic E-state index is 12.4. The Balaban J connectivity index is 1.82. The highest BCUT2D eigenvalue weighted by atomic mass is 32.2. The molecule has 2 aromatic heterocycles. The minimum Gasteiger partial charge on any atom is -0.256 e. The number of anilines is 1. The molecule has 0 radical (unpaired) electrons. The van der Waals surface area contributed by atoms with Crippen LogP contribution in [0.25, 0.3) is 0 Å². The highest BCUT2D eigenvalue weighted by Gasteiger charge is 2.26. The van der Waals surface area contributed by atoms with Crippen molar-refractivity contribution in [1.82, 2.24) is 14.8 Å². The van der Waals surface area contributed by atoms with E-state index in [9.17, 15) is 8.42 Å². The summed E-state index contributed by atoms with van der Waals surface area (Å²) in [4.78, 5) is 5.68. The van der Waals surface area contributed by atoms with Crippen molar-refractivity contribution < 1.29 is 8.42 Å². The monoisotopic (exact) mass is 340 g/mol. The molecule has 1 unspecified atom stereocenters. The van der Waals surface area contributed by atoms with E-state index in [1.165, 1.54) is 33.2 Å². The molecule has 1 atom stereocenters.